The molecule has 0 saturated carbocycles. The number of carbonyl (C=O) groups excluding carboxylic acids is 1. The number of nitrogens with zero attached hydrogens (tertiary/aromatic N) is 3. The highest BCUT2D eigenvalue weighted by atomic mass is 16.3. The third-order valence-corrected chi connectivity index (χ3v) is 4.11. The van der Waals surface area contributed by atoms with Crippen molar-refractivity contribution in [3.63, 3.8) is 0 Å². The van der Waals surface area contributed by atoms with Crippen LogP contribution in [0, 0.1) is 0 Å². The molecule has 1 fully saturated rings. The summed E-state index contributed by atoms with van der Waals surface area (Å²) in [7, 11) is 1.80. The largest absolute Gasteiger partial charge is 0.467 e. The first-order chi connectivity index (χ1) is 10.5. The molecule has 1 aromatic heterocycles. The van der Waals surface area contributed by atoms with Crippen molar-refractivity contribution >= 4 is 5.91 Å². The number of furan rings is 1. The Morgan fingerprint density at radius 1 is 1.55 bits per heavy atom. The Hall–Kier alpha value is -1.37. The number of piperazine rings is 1. The van der Waals surface area contributed by atoms with Crippen molar-refractivity contribution in [3.05, 3.63) is 24.2 Å². The van der Waals surface area contributed by atoms with Gasteiger partial charge in [-0.2, -0.15) is 0 Å². The van der Waals surface area contributed by atoms with E-state index in [9.17, 15) is 9.90 Å². The normalized spacial score (nSPS) is 21.7. The summed E-state index contributed by atoms with van der Waals surface area (Å²) >= 11 is 0. The molecule has 0 aliphatic carbocycles. The Morgan fingerprint density at radius 2 is 2.32 bits per heavy atom. The van der Waals surface area contributed by atoms with Gasteiger partial charge in [0, 0.05) is 39.3 Å². The van der Waals surface area contributed by atoms with Crippen molar-refractivity contribution in [2.45, 2.75) is 32.5 Å². The van der Waals surface area contributed by atoms with Crippen LogP contribution < -0.4 is 0 Å². The summed E-state index contributed by atoms with van der Waals surface area (Å²) in [5, 5.41) is 9.50. The van der Waals surface area contributed by atoms with Gasteiger partial charge in [-0.05, 0) is 26.0 Å². The smallest absolute Gasteiger partial charge is 0.236 e. The van der Waals surface area contributed by atoms with Crippen molar-refractivity contribution in [1.29, 1.82) is 0 Å². The second-order valence-corrected chi connectivity index (χ2v) is 6.26. The first-order valence-corrected chi connectivity index (χ1v) is 7.86. The van der Waals surface area contributed by atoms with Gasteiger partial charge in [-0.3, -0.25) is 14.6 Å². The Labute approximate surface area is 132 Å². The number of hydrogen-bond acceptors (Lipinski definition) is 5. The summed E-state index contributed by atoms with van der Waals surface area (Å²) in [6.07, 6.45) is 1.31. The maximum atomic E-state index is 12.3. The number of likely N-dealkylation sites (N-methyl/N-ethyl adjacent to an activating group) is 1. The van der Waals surface area contributed by atoms with Crippen LogP contribution in [0.2, 0.25) is 0 Å². The fraction of sp³-hybridized carbons (Fsp3) is 0.688. The van der Waals surface area contributed by atoms with Gasteiger partial charge in [-0.25, -0.2) is 0 Å². The lowest BCUT2D eigenvalue weighted by Crippen LogP contribution is -2.55. The molecule has 1 amide bonds. The number of rotatable bonds is 6. The number of aliphatic hydroxyl groups is 1. The third kappa shape index (κ3) is 4.83. The van der Waals surface area contributed by atoms with E-state index >= 15 is 0 Å². The highest BCUT2D eigenvalue weighted by molar-refractivity contribution is 5.77. The van der Waals surface area contributed by atoms with Crippen molar-refractivity contribution in [2.75, 3.05) is 39.8 Å². The lowest BCUT2D eigenvalue weighted by molar-refractivity contribution is -0.132. The van der Waals surface area contributed by atoms with Crippen LogP contribution in [0.25, 0.3) is 0 Å². The van der Waals surface area contributed by atoms with Crippen molar-refractivity contribution in [3.8, 4) is 0 Å². The molecule has 1 aliphatic heterocycles. The van der Waals surface area contributed by atoms with E-state index in [0.29, 0.717) is 25.7 Å². The molecule has 0 radical (unpaired) electrons. The van der Waals surface area contributed by atoms with Gasteiger partial charge in [0.1, 0.15) is 5.76 Å². The molecule has 1 N–H and O–H groups in total. The van der Waals surface area contributed by atoms with Crippen LogP contribution in [-0.4, -0.2) is 77.6 Å². The SMILES string of the molecule is C[C@H](O)CN1CCN(CC(=O)N(C)Cc2ccco2)C[C@H]1C. The third-order valence-electron chi connectivity index (χ3n) is 4.11. The molecule has 1 aromatic rings. The fourth-order valence-corrected chi connectivity index (χ4v) is 2.86. The summed E-state index contributed by atoms with van der Waals surface area (Å²) in [6.45, 7) is 8.19. The Balaban J connectivity index is 1.78. The van der Waals surface area contributed by atoms with Crippen LogP contribution in [0.4, 0.5) is 0 Å². The molecular formula is C16H27N3O3. The van der Waals surface area contributed by atoms with Crippen LogP contribution in [0.5, 0.6) is 0 Å². The predicted octanol–water partition coefficient (Wildman–Crippen LogP) is 0.625. The van der Waals surface area contributed by atoms with Gasteiger partial charge in [-0.1, -0.05) is 0 Å². The molecule has 0 unspecified atom stereocenters. The Bertz CT molecular complexity index is 461. The molecule has 2 atom stereocenters. The van der Waals surface area contributed by atoms with Crippen LogP contribution in [0.3, 0.4) is 0 Å². The van der Waals surface area contributed by atoms with Crippen molar-refractivity contribution in [2.24, 2.45) is 0 Å². The topological polar surface area (TPSA) is 60.2 Å². The predicted molar refractivity (Wildman–Crippen MR) is 84.3 cm³/mol. The van der Waals surface area contributed by atoms with E-state index in [4.69, 9.17) is 4.42 Å². The van der Waals surface area contributed by atoms with Crippen LogP contribution >= 0.6 is 0 Å². The average molecular weight is 309 g/mol. The first kappa shape index (κ1) is 17.0. The van der Waals surface area contributed by atoms with E-state index in [-0.39, 0.29) is 12.0 Å². The fourth-order valence-electron chi connectivity index (χ4n) is 2.86. The maximum absolute atomic E-state index is 12.3. The number of aliphatic hydroxyl groups excluding tert-OH is 1. The van der Waals surface area contributed by atoms with Crippen molar-refractivity contribution in [1.82, 2.24) is 14.7 Å². The van der Waals surface area contributed by atoms with Gasteiger partial charge in [0.2, 0.25) is 5.91 Å². The second-order valence-electron chi connectivity index (χ2n) is 6.26. The highest BCUT2D eigenvalue weighted by Crippen LogP contribution is 2.11. The molecule has 2 heterocycles. The molecular weight excluding hydrogens is 282 g/mol. The molecule has 0 spiro atoms. The highest BCUT2D eigenvalue weighted by Gasteiger charge is 2.26. The Morgan fingerprint density at radius 3 is 2.91 bits per heavy atom. The minimum Gasteiger partial charge on any atom is -0.467 e. The van der Waals surface area contributed by atoms with Gasteiger partial charge in [0.25, 0.3) is 0 Å². The van der Waals surface area contributed by atoms with E-state index in [1.165, 1.54) is 0 Å². The zero-order valence-electron chi connectivity index (χ0n) is 13.7. The van der Waals surface area contributed by atoms with Gasteiger partial charge in [0.05, 0.1) is 25.5 Å². The van der Waals surface area contributed by atoms with Crippen LogP contribution in [0.15, 0.2) is 22.8 Å². The number of hydrogen-bond donors (Lipinski definition) is 1. The first-order valence-electron chi connectivity index (χ1n) is 7.86. The van der Waals surface area contributed by atoms with Crippen molar-refractivity contribution < 1.29 is 14.3 Å². The second kappa shape index (κ2) is 7.76. The molecule has 6 heteroatoms. The van der Waals surface area contributed by atoms with E-state index in [1.807, 2.05) is 19.1 Å². The summed E-state index contributed by atoms with van der Waals surface area (Å²) in [5.41, 5.74) is 0. The zero-order valence-corrected chi connectivity index (χ0v) is 13.7. The lowest BCUT2D eigenvalue weighted by Gasteiger charge is -2.40. The maximum Gasteiger partial charge on any atom is 0.236 e. The summed E-state index contributed by atoms with van der Waals surface area (Å²) in [4.78, 5) is 18.5. The molecule has 2 rings (SSSR count). The molecule has 1 saturated heterocycles. The molecule has 22 heavy (non-hydrogen) atoms. The summed E-state index contributed by atoms with van der Waals surface area (Å²) in [6, 6.07) is 4.06. The molecule has 6 nitrogen and oxygen atoms in total. The number of β-amino-alcohol motifs (C(OH)–C–C–N with tert-alkyl or cyclic N) is 1. The molecule has 124 valence electrons. The minimum atomic E-state index is -0.310. The van der Waals surface area contributed by atoms with E-state index in [0.717, 1.165) is 25.4 Å². The zero-order chi connectivity index (χ0) is 16.1. The lowest BCUT2D eigenvalue weighted by atomic mass is 10.1. The minimum absolute atomic E-state index is 0.104. The summed E-state index contributed by atoms with van der Waals surface area (Å²) in [5.74, 6) is 0.901. The molecule has 0 aromatic carbocycles. The monoisotopic (exact) mass is 309 g/mol. The van der Waals surface area contributed by atoms with E-state index in [2.05, 4.69) is 16.7 Å². The van der Waals surface area contributed by atoms with Gasteiger partial charge in [-0.15, -0.1) is 0 Å². The van der Waals surface area contributed by atoms with Crippen LogP contribution in [0.1, 0.15) is 19.6 Å². The summed E-state index contributed by atoms with van der Waals surface area (Å²) < 4.78 is 5.27. The molecule has 0 bridgehead atoms. The van der Waals surface area contributed by atoms with E-state index in [1.54, 1.807) is 18.2 Å². The standard InChI is InChI=1S/C16H27N3O3/c1-13-9-18(6-7-19(13)10-14(2)20)12-16(21)17(3)11-15-5-4-8-22-15/h4-5,8,13-14,20H,6-7,9-12H2,1-3H3/t13-,14+/m1/s1. The van der Waals surface area contributed by atoms with Gasteiger partial charge in [0.15, 0.2) is 0 Å². The van der Waals surface area contributed by atoms with Gasteiger partial charge >= 0.3 is 0 Å². The van der Waals surface area contributed by atoms with E-state index < -0.39 is 0 Å². The Kier molecular flexibility index (Phi) is 5.99. The van der Waals surface area contributed by atoms with Crippen LogP contribution in [-0.2, 0) is 11.3 Å². The van der Waals surface area contributed by atoms with Gasteiger partial charge < -0.3 is 14.4 Å². The molecule has 1 aliphatic rings. The average Bonchev–Trinajstić information content (AvgIpc) is 2.94. The number of carbonyl (C=O) groups is 1. The number of amides is 1. The quantitative estimate of drug-likeness (QED) is 0.835.